The highest BCUT2D eigenvalue weighted by atomic mass is 32.2. The summed E-state index contributed by atoms with van der Waals surface area (Å²) in [6.45, 7) is 0.562. The summed E-state index contributed by atoms with van der Waals surface area (Å²) in [6, 6.07) is 11.5. The van der Waals surface area contributed by atoms with E-state index in [1.54, 1.807) is 33.5 Å². The Morgan fingerprint density at radius 1 is 1.19 bits per heavy atom. The van der Waals surface area contributed by atoms with Crippen molar-refractivity contribution in [2.45, 2.75) is 5.37 Å². The van der Waals surface area contributed by atoms with Gasteiger partial charge in [-0.15, -0.1) is 11.8 Å². The number of thioether (sulfide) groups is 1. The highest BCUT2D eigenvalue weighted by Crippen LogP contribution is 2.40. The normalized spacial score (nSPS) is 20.3. The largest absolute Gasteiger partial charge is 0.237 e. The SMILES string of the molecule is O=S(=O)(/C=C/c1ccccc1)N1CCSC1c1ccsc1. The van der Waals surface area contributed by atoms with Crippen LogP contribution in [0.1, 0.15) is 16.5 Å². The molecule has 0 radical (unpaired) electrons. The number of hydrogen-bond acceptors (Lipinski definition) is 4. The summed E-state index contributed by atoms with van der Waals surface area (Å²) in [6.07, 6.45) is 1.66. The van der Waals surface area contributed by atoms with Crippen LogP contribution in [0, 0.1) is 0 Å². The molecule has 1 aliphatic rings. The van der Waals surface area contributed by atoms with Gasteiger partial charge in [0.2, 0.25) is 10.0 Å². The topological polar surface area (TPSA) is 37.4 Å². The van der Waals surface area contributed by atoms with E-state index in [4.69, 9.17) is 0 Å². The van der Waals surface area contributed by atoms with Crippen LogP contribution in [0.25, 0.3) is 6.08 Å². The van der Waals surface area contributed by atoms with Crippen LogP contribution in [0.4, 0.5) is 0 Å². The van der Waals surface area contributed by atoms with Gasteiger partial charge in [-0.05, 0) is 34.0 Å². The van der Waals surface area contributed by atoms with E-state index >= 15 is 0 Å². The van der Waals surface area contributed by atoms with Gasteiger partial charge in [0.15, 0.2) is 0 Å². The van der Waals surface area contributed by atoms with Gasteiger partial charge >= 0.3 is 0 Å². The zero-order chi connectivity index (χ0) is 14.7. The lowest BCUT2D eigenvalue weighted by atomic mass is 10.2. The third-order valence-electron chi connectivity index (χ3n) is 3.24. The molecule has 1 aliphatic heterocycles. The molecule has 2 aromatic rings. The van der Waals surface area contributed by atoms with Gasteiger partial charge in [0.1, 0.15) is 0 Å². The van der Waals surface area contributed by atoms with E-state index in [2.05, 4.69) is 0 Å². The molecule has 0 aliphatic carbocycles. The van der Waals surface area contributed by atoms with Crippen LogP contribution in [0.5, 0.6) is 0 Å². The summed E-state index contributed by atoms with van der Waals surface area (Å²) in [7, 11) is -3.40. The predicted octanol–water partition coefficient (Wildman–Crippen LogP) is 3.80. The summed E-state index contributed by atoms with van der Waals surface area (Å²) in [5, 5.41) is 5.22. The maximum absolute atomic E-state index is 12.5. The summed E-state index contributed by atoms with van der Waals surface area (Å²) >= 11 is 3.27. The van der Waals surface area contributed by atoms with Crippen LogP contribution in [0.15, 0.2) is 52.6 Å². The Labute approximate surface area is 133 Å². The molecule has 1 aromatic carbocycles. The van der Waals surface area contributed by atoms with Crippen LogP contribution < -0.4 is 0 Å². The minimum Gasteiger partial charge on any atom is -0.207 e. The van der Waals surface area contributed by atoms with Gasteiger partial charge in [0, 0.05) is 17.7 Å². The van der Waals surface area contributed by atoms with Crippen molar-refractivity contribution in [3.8, 4) is 0 Å². The highest BCUT2D eigenvalue weighted by Gasteiger charge is 2.34. The molecule has 0 N–H and O–H groups in total. The number of nitrogens with zero attached hydrogens (tertiary/aromatic N) is 1. The van der Waals surface area contributed by atoms with Gasteiger partial charge in [0.05, 0.1) is 5.37 Å². The molecule has 0 saturated carbocycles. The van der Waals surface area contributed by atoms with Crippen molar-refractivity contribution in [2.75, 3.05) is 12.3 Å². The van der Waals surface area contributed by atoms with E-state index in [1.807, 2.05) is 47.2 Å². The lowest BCUT2D eigenvalue weighted by molar-refractivity contribution is 0.442. The van der Waals surface area contributed by atoms with Crippen LogP contribution in [-0.4, -0.2) is 25.0 Å². The maximum Gasteiger partial charge on any atom is 0.237 e. The van der Waals surface area contributed by atoms with Crippen LogP contribution in [0.2, 0.25) is 0 Å². The molecule has 2 heterocycles. The van der Waals surface area contributed by atoms with Crippen molar-refractivity contribution in [3.63, 3.8) is 0 Å². The van der Waals surface area contributed by atoms with Crippen molar-refractivity contribution < 1.29 is 8.42 Å². The predicted molar refractivity (Wildman–Crippen MR) is 90.6 cm³/mol. The van der Waals surface area contributed by atoms with Crippen LogP contribution >= 0.6 is 23.1 Å². The van der Waals surface area contributed by atoms with Gasteiger partial charge in [-0.2, -0.15) is 15.6 Å². The van der Waals surface area contributed by atoms with E-state index in [0.29, 0.717) is 6.54 Å². The van der Waals surface area contributed by atoms with Crippen molar-refractivity contribution in [3.05, 3.63) is 63.7 Å². The molecule has 0 bridgehead atoms. The fraction of sp³-hybridized carbons (Fsp3) is 0.200. The first-order valence-corrected chi connectivity index (χ1v) is 10.0. The van der Waals surface area contributed by atoms with Crippen molar-refractivity contribution in [2.24, 2.45) is 0 Å². The van der Waals surface area contributed by atoms with Crippen molar-refractivity contribution >= 4 is 39.2 Å². The molecular formula is C15H15NO2S3. The minimum atomic E-state index is -3.40. The molecule has 6 heteroatoms. The second-order valence-corrected chi connectivity index (χ2v) is 8.39. The molecule has 1 saturated heterocycles. The molecule has 0 amide bonds. The standard InChI is InChI=1S/C15H15NO2S3/c17-21(18,11-7-13-4-2-1-3-5-13)16-8-10-20-15(16)14-6-9-19-12-14/h1-7,9,11-12,15H,8,10H2/b11-7+. The molecule has 0 spiro atoms. The van der Waals surface area contributed by atoms with Crippen LogP contribution in [0.3, 0.4) is 0 Å². The van der Waals surface area contributed by atoms with Crippen LogP contribution in [-0.2, 0) is 10.0 Å². The average Bonchev–Trinajstić information content (AvgIpc) is 3.16. The average molecular weight is 337 g/mol. The summed E-state index contributed by atoms with van der Waals surface area (Å²) < 4.78 is 26.7. The lowest BCUT2D eigenvalue weighted by Gasteiger charge is -2.20. The minimum absolute atomic E-state index is 0.0957. The molecular weight excluding hydrogens is 322 g/mol. The Balaban J connectivity index is 1.83. The molecule has 1 fully saturated rings. The fourth-order valence-electron chi connectivity index (χ4n) is 2.20. The third-order valence-corrected chi connectivity index (χ3v) is 6.86. The Morgan fingerprint density at radius 2 is 2.00 bits per heavy atom. The fourth-order valence-corrected chi connectivity index (χ4v) is 5.98. The Hall–Kier alpha value is -1.08. The number of rotatable bonds is 4. The van der Waals surface area contributed by atoms with Gasteiger partial charge in [0.25, 0.3) is 0 Å². The summed E-state index contributed by atoms with van der Waals surface area (Å²) in [5.74, 6) is 0.832. The summed E-state index contributed by atoms with van der Waals surface area (Å²) in [5.41, 5.74) is 1.96. The smallest absolute Gasteiger partial charge is 0.207 e. The molecule has 1 atom stereocenters. The van der Waals surface area contributed by atoms with Gasteiger partial charge in [-0.1, -0.05) is 30.3 Å². The summed E-state index contributed by atoms with van der Waals surface area (Å²) in [4.78, 5) is 0. The highest BCUT2D eigenvalue weighted by molar-refractivity contribution is 8.01. The van der Waals surface area contributed by atoms with Gasteiger partial charge < -0.3 is 0 Å². The van der Waals surface area contributed by atoms with Gasteiger partial charge in [-0.25, -0.2) is 8.42 Å². The zero-order valence-corrected chi connectivity index (χ0v) is 13.7. The first-order chi connectivity index (χ1) is 10.2. The second-order valence-electron chi connectivity index (χ2n) is 4.65. The Morgan fingerprint density at radius 3 is 2.71 bits per heavy atom. The molecule has 110 valence electrons. The second kappa shape index (κ2) is 6.36. The molecule has 21 heavy (non-hydrogen) atoms. The van der Waals surface area contributed by atoms with E-state index in [9.17, 15) is 8.42 Å². The van der Waals surface area contributed by atoms with E-state index in [0.717, 1.165) is 16.9 Å². The number of sulfonamides is 1. The number of hydrogen-bond donors (Lipinski definition) is 0. The first-order valence-electron chi connectivity index (χ1n) is 6.55. The Bertz CT molecular complexity index is 709. The van der Waals surface area contributed by atoms with E-state index in [1.165, 1.54) is 5.41 Å². The monoisotopic (exact) mass is 337 g/mol. The molecule has 3 rings (SSSR count). The quantitative estimate of drug-likeness (QED) is 0.852. The number of benzene rings is 1. The van der Waals surface area contributed by atoms with Gasteiger partial charge in [-0.3, -0.25) is 0 Å². The molecule has 3 nitrogen and oxygen atoms in total. The van der Waals surface area contributed by atoms with Crippen molar-refractivity contribution in [1.82, 2.24) is 4.31 Å². The van der Waals surface area contributed by atoms with E-state index < -0.39 is 10.0 Å². The first kappa shape index (κ1) is 14.8. The molecule has 1 aromatic heterocycles. The zero-order valence-electron chi connectivity index (χ0n) is 11.3. The maximum atomic E-state index is 12.5. The van der Waals surface area contributed by atoms with Crippen molar-refractivity contribution in [1.29, 1.82) is 0 Å². The Kier molecular flexibility index (Phi) is 4.49. The lowest BCUT2D eigenvalue weighted by Crippen LogP contribution is -2.28. The third kappa shape index (κ3) is 3.40. The molecule has 1 unspecified atom stereocenters. The van der Waals surface area contributed by atoms with E-state index in [-0.39, 0.29) is 5.37 Å². The number of thiophene rings is 1.